The number of hydrogen-bond acceptors (Lipinski definition) is 7. The van der Waals surface area contributed by atoms with Crippen LogP contribution in [0.4, 0.5) is 11.5 Å². The summed E-state index contributed by atoms with van der Waals surface area (Å²) in [6.45, 7) is 5.24. The van der Waals surface area contributed by atoms with Gasteiger partial charge in [0.25, 0.3) is 15.9 Å². The summed E-state index contributed by atoms with van der Waals surface area (Å²) in [4.78, 5) is 25.2. The molecule has 0 fully saturated rings. The Bertz CT molecular complexity index is 1240. The SMILES string of the molecule is CC(OC(=O)c1ccccc1NS(=O)(=O)c1ccc(Cl)s1)C(=O)Nc1ccnn1C(C)C. The summed E-state index contributed by atoms with van der Waals surface area (Å²) in [5.41, 5.74) is -0.0156. The Hall–Kier alpha value is -2.89. The fourth-order valence-corrected chi connectivity index (χ4v) is 5.28. The van der Waals surface area contributed by atoms with Gasteiger partial charge in [-0.3, -0.25) is 9.52 Å². The average molecular weight is 497 g/mol. The number of halogens is 1. The summed E-state index contributed by atoms with van der Waals surface area (Å²) in [6.07, 6.45) is 0.411. The van der Waals surface area contributed by atoms with E-state index in [2.05, 4.69) is 15.1 Å². The maximum Gasteiger partial charge on any atom is 0.341 e. The standard InChI is InChI=1S/C20H21ClN4O5S2/c1-12(2)25-17(10-11-22-25)23-19(26)13(3)30-20(27)14-6-4-5-7-15(14)24-32(28,29)18-9-8-16(21)31-18/h4-13,24H,1-3H3,(H,23,26). The van der Waals surface area contributed by atoms with Crippen LogP contribution in [-0.2, 0) is 19.6 Å². The molecule has 2 N–H and O–H groups in total. The van der Waals surface area contributed by atoms with Gasteiger partial charge in [0.15, 0.2) is 6.10 Å². The Morgan fingerprint density at radius 3 is 2.50 bits per heavy atom. The van der Waals surface area contributed by atoms with Crippen molar-refractivity contribution >= 4 is 56.3 Å². The summed E-state index contributed by atoms with van der Waals surface area (Å²) in [5.74, 6) is -0.935. The van der Waals surface area contributed by atoms with Crippen molar-refractivity contribution in [2.75, 3.05) is 10.0 Å². The molecule has 2 heterocycles. The van der Waals surface area contributed by atoms with Crippen molar-refractivity contribution in [2.45, 2.75) is 37.1 Å². The van der Waals surface area contributed by atoms with Gasteiger partial charge >= 0.3 is 5.97 Å². The Morgan fingerprint density at radius 2 is 1.84 bits per heavy atom. The third kappa shape index (κ3) is 5.47. The van der Waals surface area contributed by atoms with Crippen LogP contribution in [0.1, 0.15) is 37.2 Å². The smallest absolute Gasteiger partial charge is 0.341 e. The van der Waals surface area contributed by atoms with Gasteiger partial charge in [-0.15, -0.1) is 11.3 Å². The van der Waals surface area contributed by atoms with E-state index in [-0.39, 0.29) is 21.5 Å². The highest BCUT2D eigenvalue weighted by Crippen LogP contribution is 2.28. The number of sulfonamides is 1. The maximum absolute atomic E-state index is 12.7. The van der Waals surface area contributed by atoms with E-state index in [4.69, 9.17) is 16.3 Å². The molecule has 3 aromatic rings. The van der Waals surface area contributed by atoms with E-state index in [0.717, 1.165) is 11.3 Å². The minimum absolute atomic E-state index is 0.000167. The number of nitrogens with one attached hydrogen (secondary N) is 2. The van der Waals surface area contributed by atoms with Gasteiger partial charge in [0, 0.05) is 12.1 Å². The lowest BCUT2D eigenvalue weighted by molar-refractivity contribution is -0.123. The number of aromatic nitrogens is 2. The van der Waals surface area contributed by atoms with Crippen LogP contribution in [-0.4, -0.2) is 36.2 Å². The molecule has 0 spiro atoms. The molecule has 1 amide bonds. The normalized spacial score (nSPS) is 12.4. The van der Waals surface area contributed by atoms with Gasteiger partial charge in [0.05, 0.1) is 21.8 Å². The molecule has 0 aliphatic carbocycles. The first-order valence-corrected chi connectivity index (χ1v) is 12.2. The highest BCUT2D eigenvalue weighted by Gasteiger charge is 2.24. The Kier molecular flexibility index (Phi) is 7.22. The van der Waals surface area contributed by atoms with E-state index in [1.165, 1.54) is 31.2 Å². The predicted molar refractivity (Wildman–Crippen MR) is 123 cm³/mol. The van der Waals surface area contributed by atoms with Gasteiger partial charge in [-0.2, -0.15) is 5.10 Å². The van der Waals surface area contributed by atoms with E-state index >= 15 is 0 Å². The Balaban J connectivity index is 1.73. The third-order valence-corrected chi connectivity index (χ3v) is 7.36. The minimum Gasteiger partial charge on any atom is -0.449 e. The second kappa shape index (κ2) is 9.72. The third-order valence-electron chi connectivity index (χ3n) is 4.27. The van der Waals surface area contributed by atoms with Crippen molar-refractivity contribution in [3.63, 3.8) is 0 Å². The Labute approximate surface area is 194 Å². The molecule has 9 nitrogen and oxygen atoms in total. The fourth-order valence-electron chi connectivity index (χ4n) is 2.72. The number of thiophene rings is 1. The summed E-state index contributed by atoms with van der Waals surface area (Å²) in [6, 6.07) is 10.4. The zero-order chi connectivity index (χ0) is 23.5. The van der Waals surface area contributed by atoms with E-state index in [0.29, 0.717) is 10.2 Å². The van der Waals surface area contributed by atoms with Gasteiger partial charge in [-0.05, 0) is 45.0 Å². The van der Waals surface area contributed by atoms with Crippen LogP contribution in [0.2, 0.25) is 4.34 Å². The van der Waals surface area contributed by atoms with E-state index in [9.17, 15) is 18.0 Å². The molecule has 12 heteroatoms. The average Bonchev–Trinajstić information content (AvgIpc) is 3.37. The molecule has 32 heavy (non-hydrogen) atoms. The van der Waals surface area contributed by atoms with E-state index < -0.39 is 28.0 Å². The molecule has 0 radical (unpaired) electrons. The molecule has 0 saturated heterocycles. The summed E-state index contributed by atoms with van der Waals surface area (Å²) < 4.78 is 34.8. The number of carbonyl (C=O) groups excluding carboxylic acids is 2. The zero-order valence-corrected chi connectivity index (χ0v) is 19.8. The molecular weight excluding hydrogens is 476 g/mol. The molecule has 0 saturated carbocycles. The fraction of sp³-hybridized carbons (Fsp3) is 0.250. The first-order chi connectivity index (χ1) is 15.1. The topological polar surface area (TPSA) is 119 Å². The number of carbonyl (C=O) groups is 2. The van der Waals surface area contributed by atoms with Gasteiger partial charge in [-0.25, -0.2) is 17.9 Å². The van der Waals surface area contributed by atoms with Crippen LogP contribution in [0.25, 0.3) is 0 Å². The van der Waals surface area contributed by atoms with Gasteiger partial charge in [0.1, 0.15) is 10.0 Å². The first kappa shape index (κ1) is 23.8. The molecule has 0 bridgehead atoms. The summed E-state index contributed by atoms with van der Waals surface area (Å²) in [7, 11) is -3.95. The molecule has 3 rings (SSSR count). The molecular formula is C20H21ClN4O5S2. The predicted octanol–water partition coefficient (Wildman–Crippen LogP) is 4.16. The van der Waals surface area contributed by atoms with Crippen molar-refractivity contribution in [2.24, 2.45) is 0 Å². The summed E-state index contributed by atoms with van der Waals surface area (Å²) >= 11 is 6.71. The van der Waals surface area contributed by atoms with Gasteiger partial charge < -0.3 is 10.1 Å². The monoisotopic (exact) mass is 496 g/mol. The lowest BCUT2D eigenvalue weighted by Gasteiger charge is -2.17. The second-order valence-electron chi connectivity index (χ2n) is 7.00. The number of para-hydroxylation sites is 1. The maximum atomic E-state index is 12.7. The molecule has 0 aliphatic heterocycles. The quantitative estimate of drug-likeness (QED) is 0.452. The number of benzene rings is 1. The first-order valence-electron chi connectivity index (χ1n) is 9.51. The zero-order valence-electron chi connectivity index (χ0n) is 17.4. The number of esters is 1. The lowest BCUT2D eigenvalue weighted by atomic mass is 10.2. The van der Waals surface area contributed by atoms with Crippen LogP contribution < -0.4 is 10.0 Å². The Morgan fingerprint density at radius 1 is 1.12 bits per heavy atom. The van der Waals surface area contributed by atoms with Gasteiger partial charge in [-0.1, -0.05) is 23.7 Å². The van der Waals surface area contributed by atoms with Gasteiger partial charge in [0.2, 0.25) is 0 Å². The lowest BCUT2D eigenvalue weighted by Crippen LogP contribution is -2.31. The highest BCUT2D eigenvalue weighted by atomic mass is 35.5. The van der Waals surface area contributed by atoms with E-state index in [1.54, 1.807) is 29.1 Å². The molecule has 0 aliphatic rings. The van der Waals surface area contributed by atoms with Crippen molar-refractivity contribution in [3.05, 3.63) is 58.6 Å². The van der Waals surface area contributed by atoms with Crippen LogP contribution in [0.5, 0.6) is 0 Å². The molecule has 170 valence electrons. The van der Waals surface area contributed by atoms with Crippen molar-refractivity contribution in [1.29, 1.82) is 0 Å². The summed E-state index contributed by atoms with van der Waals surface area (Å²) in [5, 5.41) is 6.80. The number of nitrogens with zero attached hydrogens (tertiary/aromatic N) is 2. The molecule has 1 aromatic carbocycles. The van der Waals surface area contributed by atoms with Crippen LogP contribution in [0, 0.1) is 0 Å². The number of ether oxygens (including phenoxy) is 1. The highest BCUT2D eigenvalue weighted by molar-refractivity contribution is 7.94. The van der Waals surface area contributed by atoms with Crippen molar-refractivity contribution in [3.8, 4) is 0 Å². The number of anilines is 2. The van der Waals surface area contributed by atoms with Crippen molar-refractivity contribution in [1.82, 2.24) is 9.78 Å². The van der Waals surface area contributed by atoms with E-state index in [1.807, 2.05) is 13.8 Å². The van der Waals surface area contributed by atoms with Crippen LogP contribution in [0.3, 0.4) is 0 Å². The van der Waals surface area contributed by atoms with Crippen LogP contribution in [0.15, 0.2) is 52.9 Å². The second-order valence-corrected chi connectivity index (χ2v) is 10.6. The number of amides is 1. The minimum atomic E-state index is -3.95. The number of hydrogen-bond donors (Lipinski definition) is 2. The molecule has 1 unspecified atom stereocenters. The molecule has 1 atom stereocenters. The molecule has 2 aromatic heterocycles. The van der Waals surface area contributed by atoms with Crippen molar-refractivity contribution < 1.29 is 22.7 Å². The number of rotatable bonds is 8. The largest absolute Gasteiger partial charge is 0.449 e. The van der Waals surface area contributed by atoms with Crippen LogP contribution >= 0.6 is 22.9 Å².